The van der Waals surface area contributed by atoms with Crippen molar-refractivity contribution in [3.05, 3.63) is 72.3 Å². The lowest BCUT2D eigenvalue weighted by Crippen LogP contribution is -2.21. The zero-order valence-corrected chi connectivity index (χ0v) is 18.9. The second-order valence-electron chi connectivity index (χ2n) is 8.07. The van der Waals surface area contributed by atoms with Crippen LogP contribution in [0.1, 0.15) is 18.1 Å². The van der Waals surface area contributed by atoms with Gasteiger partial charge in [-0.2, -0.15) is 5.10 Å². The molecule has 1 N–H and O–H groups in total. The first kappa shape index (κ1) is 21.2. The molecule has 4 heterocycles. The molecule has 0 aliphatic carbocycles. The second-order valence-corrected chi connectivity index (χ2v) is 8.07. The molecule has 1 aliphatic rings. The fourth-order valence-corrected chi connectivity index (χ4v) is 4.11. The third-order valence-corrected chi connectivity index (χ3v) is 5.81. The van der Waals surface area contributed by atoms with Crippen LogP contribution in [0.2, 0.25) is 0 Å². The molecule has 4 aromatic rings. The lowest BCUT2D eigenvalue weighted by Gasteiger charge is -2.13. The van der Waals surface area contributed by atoms with Crippen molar-refractivity contribution < 1.29 is 4.74 Å². The van der Waals surface area contributed by atoms with E-state index in [1.165, 1.54) is 11.1 Å². The fourth-order valence-electron chi connectivity index (χ4n) is 4.11. The van der Waals surface area contributed by atoms with Gasteiger partial charge in [0.1, 0.15) is 5.69 Å². The summed E-state index contributed by atoms with van der Waals surface area (Å²) in [5.41, 5.74) is 7.27. The van der Waals surface area contributed by atoms with Crippen LogP contribution in [0.5, 0.6) is 0 Å². The smallest absolute Gasteiger partial charge is 0.227 e. The van der Waals surface area contributed by atoms with Gasteiger partial charge in [-0.25, -0.2) is 9.97 Å². The topological polar surface area (TPSA) is 81.0 Å². The average molecular weight is 442 g/mol. The van der Waals surface area contributed by atoms with Gasteiger partial charge in [0.25, 0.3) is 0 Å². The van der Waals surface area contributed by atoms with Gasteiger partial charge in [-0.3, -0.25) is 14.6 Å². The van der Waals surface area contributed by atoms with E-state index >= 15 is 0 Å². The minimum Gasteiger partial charge on any atom is -0.383 e. The van der Waals surface area contributed by atoms with Crippen LogP contribution in [0.4, 0.5) is 11.6 Å². The highest BCUT2D eigenvalue weighted by atomic mass is 16.5. The van der Waals surface area contributed by atoms with Gasteiger partial charge in [-0.05, 0) is 48.4 Å². The lowest BCUT2D eigenvalue weighted by molar-refractivity contribution is 0.147. The third kappa shape index (κ3) is 4.62. The maximum atomic E-state index is 5.22. The number of aromatic nitrogens is 5. The fraction of sp³-hybridized carbons (Fsp3) is 0.280. The quantitative estimate of drug-likeness (QED) is 0.440. The van der Waals surface area contributed by atoms with Crippen LogP contribution in [0.3, 0.4) is 0 Å². The van der Waals surface area contributed by atoms with Gasteiger partial charge in [0.15, 0.2) is 0 Å². The van der Waals surface area contributed by atoms with Crippen molar-refractivity contribution in [1.82, 2.24) is 29.6 Å². The number of nitrogens with zero attached hydrogens (tertiary/aromatic N) is 6. The number of methoxy groups -OCH3 is 1. The highest BCUT2D eigenvalue weighted by molar-refractivity contribution is 5.78. The number of ether oxygens (including phenoxy) is 1. The number of hydrogen-bond acceptors (Lipinski definition) is 7. The van der Waals surface area contributed by atoms with E-state index in [1.807, 2.05) is 35.3 Å². The Morgan fingerprint density at radius 1 is 1.09 bits per heavy atom. The maximum absolute atomic E-state index is 5.22. The van der Waals surface area contributed by atoms with Crippen molar-refractivity contribution in [3.63, 3.8) is 0 Å². The van der Waals surface area contributed by atoms with E-state index in [1.54, 1.807) is 19.5 Å². The number of benzene rings is 1. The number of rotatable bonds is 8. The van der Waals surface area contributed by atoms with Crippen molar-refractivity contribution in [2.24, 2.45) is 0 Å². The number of anilines is 2. The van der Waals surface area contributed by atoms with E-state index in [0.717, 1.165) is 61.0 Å². The summed E-state index contributed by atoms with van der Waals surface area (Å²) in [4.78, 5) is 15.9. The first-order chi connectivity index (χ1) is 16.2. The molecule has 1 aromatic carbocycles. The minimum absolute atomic E-state index is 0.558. The zero-order chi connectivity index (χ0) is 22.6. The van der Waals surface area contributed by atoms with Gasteiger partial charge >= 0.3 is 0 Å². The van der Waals surface area contributed by atoms with Gasteiger partial charge in [0, 0.05) is 74.9 Å². The standard InChI is InChI=1S/C25H27N7O/c1-3-32-17-22(24(30-32)18-5-4-9-26-14-18)23-8-10-27-25(29-23)28-21-7-6-19-15-31(11-12-33-2)16-20(19)13-21/h4-10,13-14,17H,3,11-12,15-16H2,1-2H3,(H,27,28,29). The van der Waals surface area contributed by atoms with Gasteiger partial charge in [-0.15, -0.1) is 0 Å². The third-order valence-electron chi connectivity index (χ3n) is 5.81. The Morgan fingerprint density at radius 3 is 2.82 bits per heavy atom. The molecule has 0 atom stereocenters. The minimum atomic E-state index is 0.558. The van der Waals surface area contributed by atoms with Crippen LogP contribution in [0, 0.1) is 0 Å². The average Bonchev–Trinajstić information content (AvgIpc) is 3.47. The van der Waals surface area contributed by atoms with Gasteiger partial charge in [0.05, 0.1) is 12.3 Å². The summed E-state index contributed by atoms with van der Waals surface area (Å²) in [6.07, 6.45) is 7.39. The van der Waals surface area contributed by atoms with E-state index in [2.05, 4.69) is 45.3 Å². The number of pyridine rings is 1. The summed E-state index contributed by atoms with van der Waals surface area (Å²) in [5, 5.41) is 8.12. The molecule has 0 saturated heterocycles. The molecule has 8 heteroatoms. The normalized spacial score (nSPS) is 13.3. The Bertz CT molecular complexity index is 1240. The Hall–Kier alpha value is -3.62. The lowest BCUT2D eigenvalue weighted by atomic mass is 10.1. The van der Waals surface area contributed by atoms with E-state index < -0.39 is 0 Å². The molecule has 0 spiro atoms. The predicted octanol–water partition coefficient (Wildman–Crippen LogP) is 4.13. The largest absolute Gasteiger partial charge is 0.383 e. The van der Waals surface area contributed by atoms with Crippen molar-refractivity contribution in [3.8, 4) is 22.5 Å². The molecule has 0 radical (unpaired) electrons. The zero-order valence-electron chi connectivity index (χ0n) is 18.9. The summed E-state index contributed by atoms with van der Waals surface area (Å²) in [5.74, 6) is 0.558. The molecule has 3 aromatic heterocycles. The van der Waals surface area contributed by atoms with Crippen molar-refractivity contribution in [1.29, 1.82) is 0 Å². The molecule has 0 saturated carbocycles. The van der Waals surface area contributed by atoms with Gasteiger partial charge in [0.2, 0.25) is 5.95 Å². The SMILES string of the molecule is CCn1cc(-c2ccnc(Nc3ccc4c(c3)CN(CCOC)C4)n2)c(-c2cccnc2)n1. The van der Waals surface area contributed by atoms with E-state index in [-0.39, 0.29) is 0 Å². The molecule has 0 unspecified atom stereocenters. The first-order valence-corrected chi connectivity index (χ1v) is 11.1. The Kier molecular flexibility index (Phi) is 6.10. The summed E-state index contributed by atoms with van der Waals surface area (Å²) in [6.45, 7) is 6.42. The van der Waals surface area contributed by atoms with Crippen molar-refractivity contribution in [2.75, 3.05) is 25.6 Å². The van der Waals surface area contributed by atoms with Crippen LogP contribution in [-0.2, 0) is 24.4 Å². The van der Waals surface area contributed by atoms with Crippen LogP contribution in [0.15, 0.2) is 61.2 Å². The molecular weight excluding hydrogens is 414 g/mol. The van der Waals surface area contributed by atoms with Crippen LogP contribution < -0.4 is 5.32 Å². The Labute approximate surface area is 193 Å². The van der Waals surface area contributed by atoms with E-state index in [0.29, 0.717) is 5.95 Å². The predicted molar refractivity (Wildman–Crippen MR) is 128 cm³/mol. The summed E-state index contributed by atoms with van der Waals surface area (Å²) < 4.78 is 7.14. The number of aryl methyl sites for hydroxylation is 1. The van der Waals surface area contributed by atoms with E-state index in [4.69, 9.17) is 14.8 Å². The summed E-state index contributed by atoms with van der Waals surface area (Å²) in [6, 6.07) is 12.3. The monoisotopic (exact) mass is 441 g/mol. The van der Waals surface area contributed by atoms with Gasteiger partial charge < -0.3 is 10.1 Å². The highest BCUT2D eigenvalue weighted by Crippen LogP contribution is 2.31. The summed E-state index contributed by atoms with van der Waals surface area (Å²) in [7, 11) is 1.74. The van der Waals surface area contributed by atoms with Crippen LogP contribution >= 0.6 is 0 Å². The maximum Gasteiger partial charge on any atom is 0.227 e. The van der Waals surface area contributed by atoms with E-state index in [9.17, 15) is 0 Å². The highest BCUT2D eigenvalue weighted by Gasteiger charge is 2.19. The van der Waals surface area contributed by atoms with Crippen molar-refractivity contribution in [2.45, 2.75) is 26.6 Å². The molecule has 8 nitrogen and oxygen atoms in total. The number of hydrogen-bond donors (Lipinski definition) is 1. The molecule has 0 fully saturated rings. The Balaban J connectivity index is 1.39. The molecule has 0 bridgehead atoms. The first-order valence-electron chi connectivity index (χ1n) is 11.1. The second kappa shape index (κ2) is 9.48. The van der Waals surface area contributed by atoms with Crippen molar-refractivity contribution >= 4 is 11.6 Å². The molecule has 168 valence electrons. The van der Waals surface area contributed by atoms with Gasteiger partial charge in [-0.1, -0.05) is 6.07 Å². The molecule has 0 amide bonds. The number of nitrogens with one attached hydrogen (secondary N) is 1. The summed E-state index contributed by atoms with van der Waals surface area (Å²) >= 11 is 0. The number of fused-ring (bicyclic) bond motifs is 1. The molecule has 1 aliphatic heterocycles. The molecule has 33 heavy (non-hydrogen) atoms. The van der Waals surface area contributed by atoms with Crippen LogP contribution in [-0.4, -0.2) is 49.9 Å². The molecular formula is C25H27N7O. The Morgan fingerprint density at radius 2 is 2.00 bits per heavy atom. The van der Waals surface area contributed by atoms with Crippen LogP contribution in [0.25, 0.3) is 22.5 Å². The molecule has 5 rings (SSSR count).